The summed E-state index contributed by atoms with van der Waals surface area (Å²) in [6, 6.07) is 6.74. The van der Waals surface area contributed by atoms with Gasteiger partial charge in [0.25, 0.3) is 0 Å². The van der Waals surface area contributed by atoms with Gasteiger partial charge >= 0.3 is 5.97 Å². The van der Waals surface area contributed by atoms with E-state index in [1.807, 2.05) is 0 Å². The first-order chi connectivity index (χ1) is 10.6. The molecule has 2 aromatic rings. The summed E-state index contributed by atoms with van der Waals surface area (Å²) >= 11 is 6.25. The number of carboxylic acids is 1. The Morgan fingerprint density at radius 1 is 1.45 bits per heavy atom. The van der Waals surface area contributed by atoms with Gasteiger partial charge in [0.05, 0.1) is 17.3 Å². The SMILES string of the molecule is O=C(O)c1cc(-c2ccc(OC3CCCOC3)c(Cl)c2)n[nH]1. The van der Waals surface area contributed by atoms with Crippen LogP contribution in [0.1, 0.15) is 23.3 Å². The van der Waals surface area contributed by atoms with Crippen LogP contribution in [-0.4, -0.2) is 40.6 Å². The second kappa shape index (κ2) is 6.37. The number of benzene rings is 1. The summed E-state index contributed by atoms with van der Waals surface area (Å²) in [5.41, 5.74) is 1.28. The third-order valence-corrected chi connectivity index (χ3v) is 3.74. The molecule has 0 saturated carbocycles. The number of nitrogens with one attached hydrogen (secondary N) is 1. The molecule has 116 valence electrons. The van der Waals surface area contributed by atoms with Crippen LogP contribution in [0.2, 0.25) is 5.02 Å². The smallest absolute Gasteiger partial charge is 0.353 e. The molecule has 1 saturated heterocycles. The lowest BCUT2D eigenvalue weighted by Gasteiger charge is -2.23. The molecule has 1 aromatic heterocycles. The molecule has 0 spiro atoms. The average molecular weight is 323 g/mol. The molecule has 1 atom stereocenters. The fourth-order valence-corrected chi connectivity index (χ4v) is 2.54. The molecule has 1 fully saturated rings. The topological polar surface area (TPSA) is 84.4 Å². The van der Waals surface area contributed by atoms with Crippen molar-refractivity contribution in [3.05, 3.63) is 35.0 Å². The molecule has 0 radical (unpaired) electrons. The third kappa shape index (κ3) is 3.23. The molecule has 7 heteroatoms. The number of carboxylic acid groups (broad SMARTS) is 1. The zero-order valence-electron chi connectivity index (χ0n) is 11.7. The maximum Gasteiger partial charge on any atom is 0.353 e. The van der Waals surface area contributed by atoms with Crippen LogP contribution in [0, 0.1) is 0 Å². The van der Waals surface area contributed by atoms with E-state index in [9.17, 15) is 4.79 Å². The molecule has 1 unspecified atom stereocenters. The van der Waals surface area contributed by atoms with Crippen LogP contribution in [0.3, 0.4) is 0 Å². The summed E-state index contributed by atoms with van der Waals surface area (Å²) in [7, 11) is 0. The van der Waals surface area contributed by atoms with E-state index in [2.05, 4.69) is 10.2 Å². The minimum absolute atomic E-state index is 0.0149. The second-order valence-electron chi connectivity index (χ2n) is 5.07. The summed E-state index contributed by atoms with van der Waals surface area (Å²) in [5.74, 6) is -0.461. The normalized spacial score (nSPS) is 18.1. The van der Waals surface area contributed by atoms with Crippen LogP contribution in [0.25, 0.3) is 11.3 Å². The van der Waals surface area contributed by atoms with E-state index >= 15 is 0 Å². The highest BCUT2D eigenvalue weighted by Gasteiger charge is 2.17. The van der Waals surface area contributed by atoms with E-state index in [0.29, 0.717) is 23.1 Å². The molecule has 1 aromatic carbocycles. The number of aromatic amines is 1. The van der Waals surface area contributed by atoms with E-state index in [4.69, 9.17) is 26.2 Å². The van der Waals surface area contributed by atoms with Crippen LogP contribution in [0.4, 0.5) is 0 Å². The van der Waals surface area contributed by atoms with Gasteiger partial charge < -0.3 is 14.6 Å². The first-order valence-electron chi connectivity index (χ1n) is 6.96. The van der Waals surface area contributed by atoms with E-state index < -0.39 is 5.97 Å². The third-order valence-electron chi connectivity index (χ3n) is 3.45. The quantitative estimate of drug-likeness (QED) is 0.904. The molecular weight excluding hydrogens is 308 g/mol. The average Bonchev–Trinajstić information content (AvgIpc) is 3.00. The molecule has 2 N–H and O–H groups in total. The molecule has 3 rings (SSSR count). The molecule has 6 nitrogen and oxygen atoms in total. The Hall–Kier alpha value is -2.05. The van der Waals surface area contributed by atoms with E-state index in [0.717, 1.165) is 25.0 Å². The lowest BCUT2D eigenvalue weighted by atomic mass is 10.1. The van der Waals surface area contributed by atoms with Gasteiger partial charge in [0, 0.05) is 12.2 Å². The Kier molecular flexibility index (Phi) is 4.31. The summed E-state index contributed by atoms with van der Waals surface area (Å²) < 4.78 is 11.2. The van der Waals surface area contributed by atoms with Crippen molar-refractivity contribution >= 4 is 17.6 Å². The summed E-state index contributed by atoms with van der Waals surface area (Å²) in [6.07, 6.45) is 1.94. The highest BCUT2D eigenvalue weighted by molar-refractivity contribution is 6.32. The second-order valence-corrected chi connectivity index (χ2v) is 5.48. The number of aromatic nitrogens is 2. The van der Waals surface area contributed by atoms with Gasteiger partial charge in [0.1, 0.15) is 17.5 Å². The van der Waals surface area contributed by atoms with Crippen molar-refractivity contribution in [1.29, 1.82) is 0 Å². The highest BCUT2D eigenvalue weighted by atomic mass is 35.5. The van der Waals surface area contributed by atoms with E-state index in [-0.39, 0.29) is 11.8 Å². The Bertz CT molecular complexity index is 680. The van der Waals surface area contributed by atoms with Gasteiger partial charge in [0.15, 0.2) is 0 Å². The van der Waals surface area contributed by atoms with Crippen LogP contribution in [0.5, 0.6) is 5.75 Å². The molecule has 22 heavy (non-hydrogen) atoms. The number of H-pyrrole nitrogens is 1. The standard InChI is InChI=1S/C15H15ClN2O4/c16-11-6-9(12-7-13(15(19)20)18-17-12)3-4-14(11)22-10-2-1-5-21-8-10/h3-4,6-7,10H,1-2,5,8H2,(H,17,18)(H,19,20). The van der Waals surface area contributed by atoms with Crippen molar-refractivity contribution in [3.8, 4) is 17.0 Å². The van der Waals surface area contributed by atoms with Gasteiger partial charge in [-0.2, -0.15) is 5.10 Å². The van der Waals surface area contributed by atoms with Gasteiger partial charge in [-0.15, -0.1) is 0 Å². The fourth-order valence-electron chi connectivity index (χ4n) is 2.32. The molecular formula is C15H15ClN2O4. The summed E-state index contributed by atoms with van der Waals surface area (Å²) in [6.45, 7) is 1.34. The predicted molar refractivity (Wildman–Crippen MR) is 80.5 cm³/mol. The maximum atomic E-state index is 10.9. The number of nitrogens with zero attached hydrogens (tertiary/aromatic N) is 1. The van der Waals surface area contributed by atoms with Crippen molar-refractivity contribution in [2.45, 2.75) is 18.9 Å². The van der Waals surface area contributed by atoms with Crippen LogP contribution >= 0.6 is 11.6 Å². The number of carbonyl (C=O) groups is 1. The molecule has 0 aliphatic carbocycles. The van der Waals surface area contributed by atoms with Gasteiger partial charge in [-0.25, -0.2) is 4.79 Å². The molecule has 0 bridgehead atoms. The maximum absolute atomic E-state index is 10.9. The van der Waals surface area contributed by atoms with E-state index in [1.54, 1.807) is 18.2 Å². The Balaban J connectivity index is 1.77. The lowest BCUT2D eigenvalue weighted by molar-refractivity contribution is 0.00748. The molecule has 2 heterocycles. The summed E-state index contributed by atoms with van der Waals surface area (Å²) in [4.78, 5) is 10.9. The number of halogens is 1. The predicted octanol–water partition coefficient (Wildman–Crippen LogP) is 2.99. The summed E-state index contributed by atoms with van der Waals surface area (Å²) in [5, 5.41) is 15.8. The van der Waals surface area contributed by atoms with Crippen molar-refractivity contribution in [1.82, 2.24) is 10.2 Å². The van der Waals surface area contributed by atoms with Crippen LogP contribution < -0.4 is 4.74 Å². The number of rotatable bonds is 4. The van der Waals surface area contributed by atoms with Crippen molar-refractivity contribution in [2.75, 3.05) is 13.2 Å². The largest absolute Gasteiger partial charge is 0.486 e. The van der Waals surface area contributed by atoms with Gasteiger partial charge in [-0.3, -0.25) is 5.10 Å². The first kappa shape index (κ1) is 14.9. The minimum Gasteiger partial charge on any atom is -0.486 e. The van der Waals surface area contributed by atoms with Gasteiger partial charge in [-0.1, -0.05) is 11.6 Å². The number of hydrogen-bond acceptors (Lipinski definition) is 4. The van der Waals surface area contributed by atoms with Gasteiger partial charge in [0.2, 0.25) is 0 Å². The monoisotopic (exact) mass is 322 g/mol. The van der Waals surface area contributed by atoms with Crippen molar-refractivity contribution in [2.24, 2.45) is 0 Å². The minimum atomic E-state index is -1.05. The lowest BCUT2D eigenvalue weighted by Crippen LogP contribution is -2.28. The molecule has 1 aliphatic heterocycles. The van der Waals surface area contributed by atoms with Gasteiger partial charge in [-0.05, 0) is 37.1 Å². The zero-order chi connectivity index (χ0) is 15.5. The molecule has 1 aliphatic rings. The van der Waals surface area contributed by atoms with Crippen molar-refractivity contribution < 1.29 is 19.4 Å². The zero-order valence-corrected chi connectivity index (χ0v) is 12.5. The Morgan fingerprint density at radius 3 is 2.95 bits per heavy atom. The molecule has 0 amide bonds. The van der Waals surface area contributed by atoms with Crippen molar-refractivity contribution in [3.63, 3.8) is 0 Å². The highest BCUT2D eigenvalue weighted by Crippen LogP contribution is 2.31. The first-order valence-corrected chi connectivity index (χ1v) is 7.34. The number of ether oxygens (including phenoxy) is 2. The van der Waals surface area contributed by atoms with E-state index in [1.165, 1.54) is 6.07 Å². The Morgan fingerprint density at radius 2 is 2.32 bits per heavy atom. The Labute approximate surface area is 132 Å². The fraction of sp³-hybridized carbons (Fsp3) is 0.333. The number of hydrogen-bond donors (Lipinski definition) is 2. The van der Waals surface area contributed by atoms with Crippen LogP contribution in [0.15, 0.2) is 24.3 Å². The number of aromatic carboxylic acids is 1. The van der Waals surface area contributed by atoms with Crippen LogP contribution in [-0.2, 0) is 4.74 Å².